The summed E-state index contributed by atoms with van der Waals surface area (Å²) in [6.45, 7) is 0.729. The number of nitro benzene ring substituents is 1. The van der Waals surface area contributed by atoms with Gasteiger partial charge in [-0.1, -0.05) is 45.5 Å². The molecule has 0 aliphatic carbocycles. The van der Waals surface area contributed by atoms with E-state index in [0.717, 1.165) is 10.0 Å². The van der Waals surface area contributed by atoms with Crippen LogP contribution in [0.1, 0.15) is 17.4 Å². The van der Waals surface area contributed by atoms with Crippen molar-refractivity contribution in [2.24, 2.45) is 5.92 Å². The van der Waals surface area contributed by atoms with E-state index in [4.69, 9.17) is 4.74 Å². The van der Waals surface area contributed by atoms with Crippen LogP contribution in [0, 0.1) is 16.0 Å². The number of fused-ring (bicyclic) bond motifs is 1. The minimum absolute atomic E-state index is 0.0288. The molecule has 3 heterocycles. The molecule has 4 aromatic rings. The van der Waals surface area contributed by atoms with Crippen LogP contribution in [-0.4, -0.2) is 26.1 Å². The molecule has 0 saturated carbocycles. The maximum atomic E-state index is 12.9. The summed E-state index contributed by atoms with van der Waals surface area (Å²) in [4.78, 5) is 28.5. The van der Waals surface area contributed by atoms with Crippen molar-refractivity contribution in [2.75, 3.05) is 6.54 Å². The van der Waals surface area contributed by atoms with Crippen molar-refractivity contribution in [1.29, 1.82) is 0 Å². The third-order valence-electron chi connectivity index (χ3n) is 5.24. The molecule has 2 aromatic heterocycles. The summed E-state index contributed by atoms with van der Waals surface area (Å²) in [5.41, 5.74) is 6.77. The van der Waals surface area contributed by atoms with Crippen LogP contribution >= 0.6 is 27.3 Å². The number of non-ortho nitro benzene ring substituents is 1. The van der Waals surface area contributed by atoms with Crippen LogP contribution in [0.5, 0.6) is 5.75 Å². The fourth-order valence-corrected chi connectivity index (χ4v) is 4.89. The molecule has 33 heavy (non-hydrogen) atoms. The molecule has 2 N–H and O–H groups in total. The van der Waals surface area contributed by atoms with Gasteiger partial charge in [0.05, 0.1) is 15.5 Å². The first-order chi connectivity index (χ1) is 16.0. The average Bonchev–Trinajstić information content (AvgIpc) is 3.51. The van der Waals surface area contributed by atoms with Gasteiger partial charge in [-0.15, -0.1) is 5.10 Å². The number of ether oxygens (including phenoxy) is 1. The summed E-state index contributed by atoms with van der Waals surface area (Å²) < 4.78 is 8.45. The van der Waals surface area contributed by atoms with Crippen molar-refractivity contribution in [2.45, 2.75) is 12.6 Å². The normalized spacial score (nSPS) is 18.8. The Morgan fingerprint density at radius 2 is 2.12 bits per heavy atom. The summed E-state index contributed by atoms with van der Waals surface area (Å²) in [5, 5.41) is 15.4. The SMILES string of the molecule is O=c1/c(=C/C2CNNC2c2cccc([N+](=O)[O-])c2)sc2nc(COc3ccc(Br)cc3)nn12. The molecule has 0 bridgehead atoms. The van der Waals surface area contributed by atoms with Gasteiger partial charge in [0.15, 0.2) is 5.82 Å². The third-order valence-corrected chi connectivity index (χ3v) is 6.74. The number of aromatic nitrogens is 3. The third kappa shape index (κ3) is 4.50. The zero-order chi connectivity index (χ0) is 22.9. The second kappa shape index (κ2) is 8.98. The Morgan fingerprint density at radius 3 is 2.88 bits per heavy atom. The number of hydrogen-bond acceptors (Lipinski definition) is 9. The first-order valence-corrected chi connectivity index (χ1v) is 11.6. The molecule has 0 radical (unpaired) electrons. The molecular formula is C21H17BrN6O4S. The minimum Gasteiger partial charge on any atom is -0.486 e. The van der Waals surface area contributed by atoms with E-state index < -0.39 is 4.92 Å². The zero-order valence-corrected chi connectivity index (χ0v) is 19.4. The first-order valence-electron chi connectivity index (χ1n) is 9.99. The Labute approximate surface area is 199 Å². The van der Waals surface area contributed by atoms with Crippen molar-refractivity contribution in [3.63, 3.8) is 0 Å². The number of halogens is 1. The lowest BCUT2D eigenvalue weighted by Gasteiger charge is -2.15. The van der Waals surface area contributed by atoms with Crippen LogP contribution in [0.25, 0.3) is 11.0 Å². The van der Waals surface area contributed by atoms with Crippen LogP contribution in [0.3, 0.4) is 0 Å². The van der Waals surface area contributed by atoms with E-state index in [-0.39, 0.29) is 29.8 Å². The molecule has 1 fully saturated rings. The lowest BCUT2D eigenvalue weighted by atomic mass is 9.94. The number of nitrogens with zero attached hydrogens (tertiary/aromatic N) is 4. The van der Waals surface area contributed by atoms with Crippen LogP contribution < -0.4 is 25.7 Å². The summed E-state index contributed by atoms with van der Waals surface area (Å²) in [7, 11) is 0. The van der Waals surface area contributed by atoms with Crippen LogP contribution in [-0.2, 0) is 6.61 Å². The standard InChI is InChI=1S/C21H17BrN6O4S/c22-14-4-6-16(7-5-14)32-11-18-24-21-27(26-18)20(29)17(33-21)9-13-10-23-25-19(13)12-2-1-3-15(8-12)28(30)31/h1-9,13,19,23,25H,10-11H2/b17-9-. The number of thiazole rings is 1. The second-order valence-electron chi connectivity index (χ2n) is 7.42. The zero-order valence-electron chi connectivity index (χ0n) is 17.0. The number of hydrazine groups is 1. The highest BCUT2D eigenvalue weighted by atomic mass is 79.9. The second-order valence-corrected chi connectivity index (χ2v) is 9.35. The molecule has 1 aliphatic rings. The lowest BCUT2D eigenvalue weighted by molar-refractivity contribution is -0.384. The topological polar surface area (TPSA) is 124 Å². The van der Waals surface area contributed by atoms with Gasteiger partial charge in [-0.3, -0.25) is 20.3 Å². The van der Waals surface area contributed by atoms with Gasteiger partial charge < -0.3 is 4.74 Å². The Kier molecular flexibility index (Phi) is 5.89. The van der Waals surface area contributed by atoms with Crippen molar-refractivity contribution in [3.8, 4) is 5.75 Å². The first kappa shape index (κ1) is 21.6. The molecule has 1 saturated heterocycles. The molecule has 0 amide bonds. The van der Waals surface area contributed by atoms with Crippen LogP contribution in [0.2, 0.25) is 0 Å². The highest BCUT2D eigenvalue weighted by Crippen LogP contribution is 2.28. The molecule has 2 unspecified atom stereocenters. The van der Waals surface area contributed by atoms with Gasteiger partial charge in [-0.05, 0) is 29.8 Å². The van der Waals surface area contributed by atoms with E-state index in [1.165, 1.54) is 21.9 Å². The van der Waals surface area contributed by atoms with Gasteiger partial charge in [0, 0.05) is 29.1 Å². The Bertz CT molecular complexity index is 1440. The summed E-state index contributed by atoms with van der Waals surface area (Å²) in [5.74, 6) is 1.02. The molecule has 2 atom stereocenters. The van der Waals surface area contributed by atoms with Gasteiger partial charge in [0.1, 0.15) is 12.4 Å². The molecule has 10 nitrogen and oxygen atoms in total. The highest BCUT2D eigenvalue weighted by Gasteiger charge is 2.28. The average molecular weight is 529 g/mol. The van der Waals surface area contributed by atoms with E-state index in [1.807, 2.05) is 36.4 Å². The number of hydrogen-bond donors (Lipinski definition) is 2. The fraction of sp³-hybridized carbons (Fsp3) is 0.190. The van der Waals surface area contributed by atoms with Crippen molar-refractivity contribution >= 4 is 44.0 Å². The largest absolute Gasteiger partial charge is 0.486 e. The molecule has 12 heteroatoms. The molecule has 2 aromatic carbocycles. The smallest absolute Gasteiger partial charge is 0.290 e. The summed E-state index contributed by atoms with van der Waals surface area (Å²) >= 11 is 4.63. The number of nitro groups is 1. The van der Waals surface area contributed by atoms with Crippen LogP contribution in [0.4, 0.5) is 5.69 Å². The molecule has 5 rings (SSSR count). The van der Waals surface area contributed by atoms with Gasteiger partial charge in [0.25, 0.3) is 11.2 Å². The number of rotatable bonds is 6. The van der Waals surface area contributed by atoms with Gasteiger partial charge in [0.2, 0.25) is 4.96 Å². The van der Waals surface area contributed by atoms with E-state index in [0.29, 0.717) is 27.6 Å². The van der Waals surface area contributed by atoms with Crippen molar-refractivity contribution in [1.82, 2.24) is 25.4 Å². The minimum atomic E-state index is -0.418. The fourth-order valence-electron chi connectivity index (χ4n) is 3.65. The molecule has 168 valence electrons. The highest BCUT2D eigenvalue weighted by molar-refractivity contribution is 9.10. The van der Waals surface area contributed by atoms with E-state index in [1.54, 1.807) is 12.1 Å². The summed E-state index contributed by atoms with van der Waals surface area (Å²) in [6, 6.07) is 13.7. The summed E-state index contributed by atoms with van der Waals surface area (Å²) in [6.07, 6.45) is 1.87. The Morgan fingerprint density at radius 1 is 1.30 bits per heavy atom. The van der Waals surface area contributed by atoms with Gasteiger partial charge >= 0.3 is 0 Å². The predicted octanol–water partition coefficient (Wildman–Crippen LogP) is 2.37. The predicted molar refractivity (Wildman–Crippen MR) is 126 cm³/mol. The van der Waals surface area contributed by atoms with E-state index in [2.05, 4.69) is 36.9 Å². The van der Waals surface area contributed by atoms with Crippen molar-refractivity contribution < 1.29 is 9.66 Å². The quantitative estimate of drug-likeness (QED) is 0.288. The molecular weight excluding hydrogens is 512 g/mol. The maximum absolute atomic E-state index is 12.9. The Balaban J connectivity index is 1.37. The monoisotopic (exact) mass is 528 g/mol. The maximum Gasteiger partial charge on any atom is 0.290 e. The Hall–Kier alpha value is -3.19. The van der Waals surface area contributed by atoms with Gasteiger partial charge in [-0.2, -0.15) is 9.50 Å². The van der Waals surface area contributed by atoms with Crippen LogP contribution in [0.15, 0.2) is 57.8 Å². The van der Waals surface area contributed by atoms with Gasteiger partial charge in [-0.25, -0.2) is 5.43 Å². The number of nitrogens with one attached hydrogen (secondary N) is 2. The number of benzene rings is 2. The van der Waals surface area contributed by atoms with E-state index in [9.17, 15) is 14.9 Å². The van der Waals surface area contributed by atoms with E-state index >= 15 is 0 Å². The lowest BCUT2D eigenvalue weighted by Crippen LogP contribution is -2.27. The van der Waals surface area contributed by atoms with Crippen molar-refractivity contribution in [3.05, 3.63) is 89.4 Å². The molecule has 0 spiro atoms. The molecule has 1 aliphatic heterocycles.